The summed E-state index contributed by atoms with van der Waals surface area (Å²) in [6, 6.07) is 9.69. The van der Waals surface area contributed by atoms with E-state index >= 15 is 0 Å². The second kappa shape index (κ2) is 5.56. The molecule has 4 nitrogen and oxygen atoms in total. The highest BCUT2D eigenvalue weighted by Crippen LogP contribution is 2.27. The molecule has 0 aliphatic carbocycles. The van der Waals surface area contributed by atoms with Crippen LogP contribution in [0, 0.1) is 0 Å². The Bertz CT molecular complexity index is 500. The molecule has 3 N–H and O–H groups in total. The van der Waals surface area contributed by atoms with E-state index in [0.717, 1.165) is 10.5 Å². The van der Waals surface area contributed by atoms with Crippen molar-refractivity contribution in [3.05, 3.63) is 48.3 Å². The fourth-order valence-electron chi connectivity index (χ4n) is 1.68. The van der Waals surface area contributed by atoms with E-state index in [4.69, 9.17) is 5.73 Å². The highest BCUT2D eigenvalue weighted by atomic mass is 32.2. The number of hydrogen-bond acceptors (Lipinski definition) is 4. The molecule has 2 aromatic rings. The van der Waals surface area contributed by atoms with Gasteiger partial charge in [-0.25, -0.2) is 0 Å². The Balaban J connectivity index is 2.09. The lowest BCUT2D eigenvalue weighted by molar-refractivity contribution is 0.213. The predicted molar refractivity (Wildman–Crippen MR) is 73.3 cm³/mol. The van der Waals surface area contributed by atoms with Crippen molar-refractivity contribution in [2.45, 2.75) is 10.4 Å². The number of nitrogens with zero attached hydrogens (tertiary/aromatic N) is 2. The van der Waals surface area contributed by atoms with Gasteiger partial charge in [-0.1, -0.05) is 30.3 Å². The first-order valence-corrected chi connectivity index (χ1v) is 6.69. The second-order valence-electron chi connectivity index (χ2n) is 4.32. The quantitative estimate of drug-likeness (QED) is 0.800. The van der Waals surface area contributed by atoms with Gasteiger partial charge in [0.25, 0.3) is 0 Å². The largest absolute Gasteiger partial charge is 0.394 e. The first-order chi connectivity index (χ1) is 8.64. The van der Waals surface area contributed by atoms with Crippen LogP contribution in [0.25, 0.3) is 0 Å². The molecule has 2 rings (SSSR count). The van der Waals surface area contributed by atoms with Crippen LogP contribution in [0.3, 0.4) is 0 Å². The zero-order valence-corrected chi connectivity index (χ0v) is 11.1. The van der Waals surface area contributed by atoms with Crippen LogP contribution in [0.15, 0.2) is 47.6 Å². The molecule has 0 radical (unpaired) electrons. The zero-order valence-electron chi connectivity index (χ0n) is 10.3. The first-order valence-electron chi connectivity index (χ1n) is 5.71. The molecule has 5 heteroatoms. The summed E-state index contributed by atoms with van der Waals surface area (Å²) in [7, 11) is 1.88. The lowest BCUT2D eigenvalue weighted by Crippen LogP contribution is -2.43. The smallest absolute Gasteiger partial charge is 0.0739 e. The van der Waals surface area contributed by atoms with Gasteiger partial charge in [0, 0.05) is 23.9 Å². The standard InChI is InChI=1S/C13H17N3OS/c1-16-8-12(7-15-16)18-10-13(14,9-17)11-5-3-2-4-6-11/h2-8,17H,9-10,14H2,1H3. The van der Waals surface area contributed by atoms with Crippen LogP contribution in [-0.4, -0.2) is 27.2 Å². The van der Waals surface area contributed by atoms with Crippen molar-refractivity contribution in [1.82, 2.24) is 9.78 Å². The van der Waals surface area contributed by atoms with Crippen LogP contribution < -0.4 is 5.73 Å². The van der Waals surface area contributed by atoms with E-state index in [1.807, 2.05) is 43.6 Å². The SMILES string of the molecule is Cn1cc(SCC(N)(CO)c2ccccc2)cn1. The van der Waals surface area contributed by atoms with Crippen LogP contribution >= 0.6 is 11.8 Å². The average Bonchev–Trinajstić information content (AvgIpc) is 2.83. The maximum Gasteiger partial charge on any atom is 0.0739 e. The molecule has 1 heterocycles. The molecule has 0 bridgehead atoms. The molecule has 96 valence electrons. The lowest BCUT2D eigenvalue weighted by atomic mass is 9.94. The molecule has 1 aromatic carbocycles. The topological polar surface area (TPSA) is 64.1 Å². The number of aliphatic hydroxyl groups excluding tert-OH is 1. The average molecular weight is 263 g/mol. The summed E-state index contributed by atoms with van der Waals surface area (Å²) >= 11 is 1.60. The number of hydrogen-bond donors (Lipinski definition) is 2. The first kappa shape index (κ1) is 13.1. The van der Waals surface area contributed by atoms with Crippen molar-refractivity contribution in [3.63, 3.8) is 0 Å². The second-order valence-corrected chi connectivity index (χ2v) is 5.37. The molecule has 1 atom stereocenters. The third kappa shape index (κ3) is 2.93. The fourth-order valence-corrected chi connectivity index (χ4v) is 2.71. The van der Waals surface area contributed by atoms with Crippen LogP contribution in [0.2, 0.25) is 0 Å². The van der Waals surface area contributed by atoms with Crippen molar-refractivity contribution in [3.8, 4) is 0 Å². The summed E-state index contributed by atoms with van der Waals surface area (Å²) in [6.45, 7) is -0.0791. The van der Waals surface area contributed by atoms with E-state index in [2.05, 4.69) is 5.10 Å². The van der Waals surface area contributed by atoms with Gasteiger partial charge in [-0.05, 0) is 5.56 Å². The lowest BCUT2D eigenvalue weighted by Gasteiger charge is -2.27. The Kier molecular flexibility index (Phi) is 4.06. The minimum Gasteiger partial charge on any atom is -0.394 e. The van der Waals surface area contributed by atoms with Crippen molar-refractivity contribution in [2.75, 3.05) is 12.4 Å². The van der Waals surface area contributed by atoms with Gasteiger partial charge in [0.1, 0.15) is 0 Å². The zero-order chi connectivity index (χ0) is 13.0. The van der Waals surface area contributed by atoms with Gasteiger partial charge >= 0.3 is 0 Å². The van der Waals surface area contributed by atoms with E-state index in [1.165, 1.54) is 0 Å². The van der Waals surface area contributed by atoms with Crippen LogP contribution in [-0.2, 0) is 12.6 Å². The number of benzene rings is 1. The van der Waals surface area contributed by atoms with E-state index in [-0.39, 0.29) is 6.61 Å². The van der Waals surface area contributed by atoms with Crippen molar-refractivity contribution < 1.29 is 5.11 Å². The molecule has 18 heavy (non-hydrogen) atoms. The monoisotopic (exact) mass is 263 g/mol. The molecule has 0 saturated heterocycles. The Morgan fingerprint density at radius 1 is 1.39 bits per heavy atom. The minimum atomic E-state index is -0.720. The van der Waals surface area contributed by atoms with Gasteiger partial charge in [0.15, 0.2) is 0 Å². The van der Waals surface area contributed by atoms with Crippen LogP contribution in [0.4, 0.5) is 0 Å². The molecule has 1 unspecified atom stereocenters. The van der Waals surface area contributed by atoms with Gasteiger partial charge in [-0.3, -0.25) is 4.68 Å². The van der Waals surface area contributed by atoms with E-state index in [1.54, 1.807) is 22.6 Å². The summed E-state index contributed by atoms with van der Waals surface area (Å²) in [4.78, 5) is 1.05. The summed E-state index contributed by atoms with van der Waals surface area (Å²) in [5, 5.41) is 13.7. The molecule has 1 aromatic heterocycles. The van der Waals surface area contributed by atoms with Gasteiger partial charge in [0.2, 0.25) is 0 Å². The third-order valence-corrected chi connectivity index (χ3v) is 4.01. The highest BCUT2D eigenvalue weighted by molar-refractivity contribution is 7.99. The van der Waals surface area contributed by atoms with Crippen molar-refractivity contribution >= 4 is 11.8 Å². The maximum atomic E-state index is 9.56. The summed E-state index contributed by atoms with van der Waals surface area (Å²) < 4.78 is 1.75. The number of thioether (sulfide) groups is 1. The third-order valence-electron chi connectivity index (χ3n) is 2.81. The number of aliphatic hydroxyl groups is 1. The molecule has 0 saturated carbocycles. The predicted octanol–water partition coefficient (Wildman–Crippen LogP) is 1.36. The maximum absolute atomic E-state index is 9.56. The molecule has 0 aliphatic rings. The van der Waals surface area contributed by atoms with Gasteiger partial charge in [-0.15, -0.1) is 11.8 Å². The summed E-state index contributed by atoms with van der Waals surface area (Å²) in [5.41, 5.74) is 6.50. The molecule has 0 spiro atoms. The van der Waals surface area contributed by atoms with Gasteiger partial charge in [-0.2, -0.15) is 5.10 Å². The molecule has 0 fully saturated rings. The van der Waals surface area contributed by atoms with E-state index < -0.39 is 5.54 Å². The van der Waals surface area contributed by atoms with Gasteiger partial charge in [0.05, 0.1) is 18.3 Å². The van der Waals surface area contributed by atoms with E-state index in [9.17, 15) is 5.11 Å². The number of nitrogens with two attached hydrogens (primary N) is 1. The number of aromatic nitrogens is 2. The highest BCUT2D eigenvalue weighted by Gasteiger charge is 2.26. The number of aryl methyl sites for hydroxylation is 1. The fraction of sp³-hybridized carbons (Fsp3) is 0.308. The molecular formula is C13H17N3OS. The molecular weight excluding hydrogens is 246 g/mol. The van der Waals surface area contributed by atoms with Crippen molar-refractivity contribution in [2.24, 2.45) is 12.8 Å². The van der Waals surface area contributed by atoms with Crippen LogP contribution in [0.5, 0.6) is 0 Å². The van der Waals surface area contributed by atoms with E-state index in [0.29, 0.717) is 5.75 Å². The molecule has 0 amide bonds. The Morgan fingerprint density at radius 2 is 2.11 bits per heavy atom. The summed E-state index contributed by atoms with van der Waals surface area (Å²) in [6.07, 6.45) is 3.74. The summed E-state index contributed by atoms with van der Waals surface area (Å²) in [5.74, 6) is 0.610. The minimum absolute atomic E-state index is 0.0791. The van der Waals surface area contributed by atoms with Crippen molar-refractivity contribution in [1.29, 1.82) is 0 Å². The number of rotatable bonds is 5. The van der Waals surface area contributed by atoms with Crippen LogP contribution in [0.1, 0.15) is 5.56 Å². The Labute approximate surface area is 111 Å². The Hall–Kier alpha value is -1.30. The molecule has 0 aliphatic heterocycles. The van der Waals surface area contributed by atoms with Gasteiger partial charge < -0.3 is 10.8 Å². The normalized spacial score (nSPS) is 14.4. The Morgan fingerprint density at radius 3 is 2.67 bits per heavy atom.